The molecule has 0 atom stereocenters. The van der Waals surface area contributed by atoms with Crippen molar-refractivity contribution in [2.75, 3.05) is 24.3 Å². The van der Waals surface area contributed by atoms with E-state index < -0.39 is 23.4 Å². The first-order valence-corrected chi connectivity index (χ1v) is 9.23. The Balaban J connectivity index is 1.65. The molecule has 2 N–H and O–H groups in total. The minimum atomic E-state index is -0.864. The van der Waals surface area contributed by atoms with Crippen molar-refractivity contribution in [1.82, 2.24) is 0 Å². The zero-order chi connectivity index (χ0) is 22.2. The van der Waals surface area contributed by atoms with Crippen LogP contribution in [0, 0.1) is 10.1 Å². The summed E-state index contributed by atoms with van der Waals surface area (Å²) in [6.07, 6.45) is 0. The van der Waals surface area contributed by atoms with E-state index in [2.05, 4.69) is 10.6 Å². The molecular formula is C22H19N3O6. The first kappa shape index (κ1) is 21.3. The number of ether oxygens (including phenoxy) is 2. The zero-order valence-electron chi connectivity index (χ0n) is 16.5. The molecule has 0 spiro atoms. The number of amides is 1. The fourth-order valence-electron chi connectivity index (χ4n) is 2.70. The van der Waals surface area contributed by atoms with Gasteiger partial charge in [0.1, 0.15) is 5.75 Å². The Kier molecular flexibility index (Phi) is 6.79. The van der Waals surface area contributed by atoms with Crippen LogP contribution in [-0.2, 0) is 9.53 Å². The van der Waals surface area contributed by atoms with Crippen molar-refractivity contribution < 1.29 is 24.0 Å². The van der Waals surface area contributed by atoms with Crippen LogP contribution in [0.3, 0.4) is 0 Å². The van der Waals surface area contributed by atoms with Crippen molar-refractivity contribution in [2.45, 2.75) is 0 Å². The third-order valence-electron chi connectivity index (χ3n) is 4.17. The maximum absolute atomic E-state index is 12.4. The van der Waals surface area contributed by atoms with Crippen LogP contribution < -0.4 is 15.4 Å². The van der Waals surface area contributed by atoms with Crippen LogP contribution in [0.1, 0.15) is 10.4 Å². The van der Waals surface area contributed by atoms with Crippen LogP contribution >= 0.6 is 0 Å². The van der Waals surface area contributed by atoms with Crippen LogP contribution in [0.25, 0.3) is 0 Å². The molecule has 0 aliphatic heterocycles. The van der Waals surface area contributed by atoms with Gasteiger partial charge in [0, 0.05) is 24.9 Å². The molecule has 1 amide bonds. The Morgan fingerprint density at radius 3 is 2.39 bits per heavy atom. The summed E-state index contributed by atoms with van der Waals surface area (Å²) in [7, 11) is 1.56. The molecule has 0 fully saturated rings. The van der Waals surface area contributed by atoms with Crippen LogP contribution in [0.5, 0.6) is 11.5 Å². The van der Waals surface area contributed by atoms with Gasteiger partial charge in [0.15, 0.2) is 12.4 Å². The molecule has 0 aliphatic carbocycles. The number of para-hydroxylation sites is 3. The van der Waals surface area contributed by atoms with E-state index in [4.69, 9.17) is 9.47 Å². The lowest BCUT2D eigenvalue weighted by atomic mass is 10.1. The van der Waals surface area contributed by atoms with E-state index in [0.717, 1.165) is 6.07 Å². The lowest BCUT2D eigenvalue weighted by Gasteiger charge is -2.13. The highest BCUT2D eigenvalue weighted by atomic mass is 16.6. The predicted molar refractivity (Wildman–Crippen MR) is 115 cm³/mol. The first-order chi connectivity index (χ1) is 15.0. The summed E-state index contributed by atoms with van der Waals surface area (Å²) >= 11 is 0. The molecule has 0 aromatic heterocycles. The van der Waals surface area contributed by atoms with Gasteiger partial charge in [0.25, 0.3) is 11.6 Å². The normalized spacial score (nSPS) is 10.1. The highest BCUT2D eigenvalue weighted by Gasteiger charge is 2.19. The van der Waals surface area contributed by atoms with Gasteiger partial charge < -0.3 is 20.1 Å². The summed E-state index contributed by atoms with van der Waals surface area (Å²) in [5.74, 6) is -0.434. The number of non-ortho nitro benzene ring substituents is 1. The third-order valence-corrected chi connectivity index (χ3v) is 4.17. The van der Waals surface area contributed by atoms with Gasteiger partial charge in [0.05, 0.1) is 16.2 Å². The molecule has 0 saturated heterocycles. The van der Waals surface area contributed by atoms with E-state index >= 15 is 0 Å². The summed E-state index contributed by atoms with van der Waals surface area (Å²) in [6.45, 7) is -0.579. The number of nitro benzene ring substituents is 1. The molecule has 0 bridgehead atoms. The highest BCUT2D eigenvalue weighted by Crippen LogP contribution is 2.29. The van der Waals surface area contributed by atoms with Gasteiger partial charge in [-0.05, 0) is 30.3 Å². The maximum Gasteiger partial charge on any atom is 0.341 e. The molecular weight excluding hydrogens is 402 g/mol. The number of hydrogen-bond acceptors (Lipinski definition) is 7. The third kappa shape index (κ3) is 5.57. The maximum atomic E-state index is 12.4. The van der Waals surface area contributed by atoms with Crippen molar-refractivity contribution in [3.05, 3.63) is 88.5 Å². The SMILES string of the molecule is CNc1ccc([N+](=O)[O-])cc1C(=O)OCC(=O)Nc1ccccc1Oc1ccccc1. The smallest absolute Gasteiger partial charge is 0.341 e. The van der Waals surface area contributed by atoms with Crippen molar-refractivity contribution in [3.8, 4) is 11.5 Å². The number of carbonyl (C=O) groups excluding carboxylic acids is 2. The number of hydrogen-bond donors (Lipinski definition) is 2. The molecule has 3 aromatic carbocycles. The van der Waals surface area contributed by atoms with E-state index in [9.17, 15) is 19.7 Å². The number of benzene rings is 3. The summed E-state index contributed by atoms with van der Waals surface area (Å²) in [5, 5.41) is 16.4. The first-order valence-electron chi connectivity index (χ1n) is 9.23. The number of esters is 1. The summed E-state index contributed by atoms with van der Waals surface area (Å²) in [5.41, 5.74) is 0.441. The second-order valence-electron chi connectivity index (χ2n) is 6.27. The number of carbonyl (C=O) groups is 2. The Labute approximate surface area is 177 Å². The molecule has 3 aromatic rings. The Hall–Kier alpha value is -4.40. The average molecular weight is 421 g/mol. The van der Waals surface area contributed by atoms with Crippen LogP contribution in [-0.4, -0.2) is 30.5 Å². The van der Waals surface area contributed by atoms with E-state index in [-0.39, 0.29) is 11.3 Å². The quantitative estimate of drug-likeness (QED) is 0.317. The average Bonchev–Trinajstić information content (AvgIpc) is 2.79. The summed E-state index contributed by atoms with van der Waals surface area (Å²) < 4.78 is 10.8. The number of nitrogens with one attached hydrogen (secondary N) is 2. The molecule has 158 valence electrons. The largest absolute Gasteiger partial charge is 0.455 e. The minimum Gasteiger partial charge on any atom is -0.455 e. The Morgan fingerprint density at radius 2 is 1.68 bits per heavy atom. The minimum absolute atomic E-state index is 0.0442. The fraction of sp³-hybridized carbons (Fsp3) is 0.0909. The summed E-state index contributed by atoms with van der Waals surface area (Å²) in [6, 6.07) is 19.6. The Morgan fingerprint density at radius 1 is 0.968 bits per heavy atom. The number of anilines is 2. The van der Waals surface area contributed by atoms with E-state index in [1.807, 2.05) is 18.2 Å². The molecule has 31 heavy (non-hydrogen) atoms. The second-order valence-corrected chi connectivity index (χ2v) is 6.27. The topological polar surface area (TPSA) is 120 Å². The lowest BCUT2D eigenvalue weighted by molar-refractivity contribution is -0.384. The Bertz CT molecular complexity index is 1100. The van der Waals surface area contributed by atoms with Gasteiger partial charge in [-0.15, -0.1) is 0 Å². The molecule has 0 aliphatic rings. The van der Waals surface area contributed by atoms with Gasteiger partial charge in [0.2, 0.25) is 0 Å². The molecule has 0 saturated carbocycles. The molecule has 0 unspecified atom stereocenters. The van der Waals surface area contributed by atoms with Crippen molar-refractivity contribution in [2.24, 2.45) is 0 Å². The molecule has 3 rings (SSSR count). The van der Waals surface area contributed by atoms with Gasteiger partial charge in [-0.1, -0.05) is 30.3 Å². The van der Waals surface area contributed by atoms with E-state index in [0.29, 0.717) is 22.9 Å². The van der Waals surface area contributed by atoms with E-state index in [1.165, 1.54) is 12.1 Å². The molecule has 9 heteroatoms. The standard InChI is InChI=1S/C22H19N3O6/c1-23-18-12-11-15(25(28)29)13-17(18)22(27)30-14-21(26)24-19-9-5-6-10-20(19)31-16-7-3-2-4-8-16/h2-13,23H,14H2,1H3,(H,24,26). The second kappa shape index (κ2) is 9.88. The van der Waals surface area contributed by atoms with Crippen molar-refractivity contribution in [3.63, 3.8) is 0 Å². The zero-order valence-corrected chi connectivity index (χ0v) is 16.5. The number of nitrogens with zero attached hydrogens (tertiary/aromatic N) is 1. The molecule has 9 nitrogen and oxygen atoms in total. The predicted octanol–water partition coefficient (Wildman–Crippen LogP) is 4.22. The summed E-state index contributed by atoms with van der Waals surface area (Å²) in [4.78, 5) is 35.0. The van der Waals surface area contributed by atoms with Crippen LogP contribution in [0.4, 0.5) is 17.1 Å². The van der Waals surface area contributed by atoms with Gasteiger partial charge in [-0.3, -0.25) is 14.9 Å². The van der Waals surface area contributed by atoms with Gasteiger partial charge in [-0.2, -0.15) is 0 Å². The monoisotopic (exact) mass is 421 g/mol. The van der Waals surface area contributed by atoms with Gasteiger partial charge in [-0.25, -0.2) is 4.79 Å². The van der Waals surface area contributed by atoms with Crippen LogP contribution in [0.2, 0.25) is 0 Å². The fourth-order valence-corrected chi connectivity index (χ4v) is 2.70. The van der Waals surface area contributed by atoms with Crippen LogP contribution in [0.15, 0.2) is 72.8 Å². The molecule has 0 radical (unpaired) electrons. The van der Waals surface area contributed by atoms with Gasteiger partial charge >= 0.3 is 5.97 Å². The molecule has 0 heterocycles. The van der Waals surface area contributed by atoms with Crippen molar-refractivity contribution in [1.29, 1.82) is 0 Å². The van der Waals surface area contributed by atoms with E-state index in [1.54, 1.807) is 43.4 Å². The lowest BCUT2D eigenvalue weighted by Crippen LogP contribution is -2.21. The highest BCUT2D eigenvalue weighted by molar-refractivity contribution is 5.99. The van der Waals surface area contributed by atoms with Crippen molar-refractivity contribution >= 4 is 28.9 Å². The number of rotatable bonds is 8. The number of nitro groups is 1.